The average molecular weight is 621 g/mol. The summed E-state index contributed by atoms with van der Waals surface area (Å²) in [5, 5.41) is 14.0. The number of aromatic carboxylic acids is 1. The number of nitrogens with zero attached hydrogens (tertiary/aromatic N) is 3. The number of aromatic nitrogens is 2. The molecule has 8 nitrogen and oxygen atoms in total. The quantitative estimate of drug-likeness (QED) is 0.211. The standard InChI is InChI=1S/C35H29FN4O4S/c1-44-24-9-10-25(26(36)18-24)28-12-7-22-17-23(8-11-27(22)38-28)33-32(21-5-3-2-4-6-21)34-29(19-30(45-34)35(42)43)40(33)20-31(41)39-15-13-37-14-16-39/h2-12,17-19,37H,13-16,20H2,1H3,(H,42,43). The number of rotatable bonds is 7. The molecule has 3 aromatic carbocycles. The number of fused-ring (bicyclic) bond motifs is 2. The van der Waals surface area contributed by atoms with E-state index in [1.165, 1.54) is 24.5 Å². The van der Waals surface area contributed by atoms with Crippen LogP contribution in [0.2, 0.25) is 0 Å². The predicted octanol–water partition coefficient (Wildman–Crippen LogP) is 6.53. The Kier molecular flexibility index (Phi) is 7.52. The van der Waals surface area contributed by atoms with E-state index in [1.807, 2.05) is 64.1 Å². The molecule has 1 aliphatic heterocycles. The van der Waals surface area contributed by atoms with E-state index in [4.69, 9.17) is 9.72 Å². The first-order valence-electron chi connectivity index (χ1n) is 14.6. The van der Waals surface area contributed by atoms with Crippen LogP contribution in [0.4, 0.5) is 4.39 Å². The Bertz CT molecular complexity index is 2080. The van der Waals surface area contributed by atoms with Crippen LogP contribution >= 0.6 is 11.3 Å². The monoisotopic (exact) mass is 620 g/mol. The van der Waals surface area contributed by atoms with Crippen LogP contribution in [0.3, 0.4) is 0 Å². The molecule has 0 radical (unpaired) electrons. The van der Waals surface area contributed by atoms with Gasteiger partial charge in [-0.15, -0.1) is 11.3 Å². The summed E-state index contributed by atoms with van der Waals surface area (Å²) < 4.78 is 22.8. The predicted molar refractivity (Wildman–Crippen MR) is 174 cm³/mol. The van der Waals surface area contributed by atoms with Crippen molar-refractivity contribution >= 4 is 44.3 Å². The van der Waals surface area contributed by atoms with Crippen LogP contribution in [0, 0.1) is 5.82 Å². The van der Waals surface area contributed by atoms with Crippen molar-refractivity contribution in [3.8, 4) is 39.4 Å². The van der Waals surface area contributed by atoms with Crippen LogP contribution < -0.4 is 10.1 Å². The highest BCUT2D eigenvalue weighted by Crippen LogP contribution is 2.45. The summed E-state index contributed by atoms with van der Waals surface area (Å²) in [6, 6.07) is 25.8. The number of thiophene rings is 1. The lowest BCUT2D eigenvalue weighted by Gasteiger charge is -2.28. The van der Waals surface area contributed by atoms with E-state index >= 15 is 0 Å². The summed E-state index contributed by atoms with van der Waals surface area (Å²) in [5.74, 6) is -1.01. The fraction of sp³-hybridized carbons (Fsp3) is 0.171. The second-order valence-corrected chi connectivity index (χ2v) is 11.9. The third kappa shape index (κ3) is 5.32. The third-order valence-corrected chi connectivity index (χ3v) is 9.32. The normalized spacial score (nSPS) is 13.4. The van der Waals surface area contributed by atoms with Crippen molar-refractivity contribution in [3.05, 3.63) is 95.6 Å². The van der Waals surface area contributed by atoms with Crippen LogP contribution in [0.25, 0.3) is 54.8 Å². The van der Waals surface area contributed by atoms with Crippen LogP contribution in [-0.4, -0.2) is 64.7 Å². The molecular weight excluding hydrogens is 591 g/mol. The topological polar surface area (TPSA) is 96.7 Å². The van der Waals surface area contributed by atoms with Crippen molar-refractivity contribution in [2.75, 3.05) is 33.3 Å². The molecule has 10 heteroatoms. The van der Waals surface area contributed by atoms with Gasteiger partial charge in [-0.1, -0.05) is 42.5 Å². The molecule has 3 aromatic heterocycles. The van der Waals surface area contributed by atoms with E-state index in [9.17, 15) is 19.1 Å². The molecule has 7 rings (SSSR count). The van der Waals surface area contributed by atoms with Crippen molar-refractivity contribution in [3.63, 3.8) is 0 Å². The van der Waals surface area contributed by atoms with Gasteiger partial charge in [0.2, 0.25) is 5.91 Å². The number of nitrogens with one attached hydrogen (secondary N) is 1. The van der Waals surface area contributed by atoms with Crippen molar-refractivity contribution < 1.29 is 23.8 Å². The zero-order valence-corrected chi connectivity index (χ0v) is 25.2. The van der Waals surface area contributed by atoms with Gasteiger partial charge in [-0.25, -0.2) is 14.2 Å². The molecule has 6 aromatic rings. The number of ether oxygens (including phenoxy) is 1. The second-order valence-electron chi connectivity index (χ2n) is 10.9. The fourth-order valence-corrected chi connectivity index (χ4v) is 7.04. The summed E-state index contributed by atoms with van der Waals surface area (Å²) >= 11 is 1.21. The molecule has 0 saturated carbocycles. The molecule has 1 amide bonds. The number of benzene rings is 3. The van der Waals surface area contributed by atoms with Gasteiger partial charge in [-0.2, -0.15) is 0 Å². The number of carboxylic acid groups (broad SMARTS) is 1. The minimum Gasteiger partial charge on any atom is -0.497 e. The van der Waals surface area contributed by atoms with Crippen LogP contribution in [0.1, 0.15) is 9.67 Å². The Morgan fingerprint density at radius 3 is 2.51 bits per heavy atom. The molecule has 4 heterocycles. The molecular formula is C35H29FN4O4S. The molecule has 1 saturated heterocycles. The van der Waals surface area contributed by atoms with Gasteiger partial charge in [0.15, 0.2) is 0 Å². The van der Waals surface area contributed by atoms with Crippen LogP contribution in [0.15, 0.2) is 84.9 Å². The third-order valence-electron chi connectivity index (χ3n) is 8.19. The summed E-state index contributed by atoms with van der Waals surface area (Å²) in [6.45, 7) is 2.77. The second kappa shape index (κ2) is 11.8. The van der Waals surface area contributed by atoms with Gasteiger partial charge in [-0.3, -0.25) is 4.79 Å². The number of piperazine rings is 1. The minimum absolute atomic E-state index is 0.0223. The SMILES string of the molecule is COc1ccc(-c2ccc3cc(-c4c(-c5ccccc5)c5sc(C(=O)O)cc5n4CC(=O)N4CCNCC4)ccc3n2)c(F)c1. The van der Waals surface area contributed by atoms with E-state index < -0.39 is 11.8 Å². The highest BCUT2D eigenvalue weighted by molar-refractivity contribution is 7.21. The Labute approximate surface area is 262 Å². The van der Waals surface area contributed by atoms with Gasteiger partial charge >= 0.3 is 5.97 Å². The number of carbonyl (C=O) groups excluding carboxylic acids is 1. The number of amides is 1. The van der Waals surface area contributed by atoms with Gasteiger partial charge in [0, 0.05) is 48.8 Å². The van der Waals surface area contributed by atoms with Gasteiger partial charge in [0.25, 0.3) is 0 Å². The van der Waals surface area contributed by atoms with Gasteiger partial charge in [0.1, 0.15) is 23.0 Å². The number of pyridine rings is 1. The lowest BCUT2D eigenvalue weighted by Crippen LogP contribution is -2.47. The number of methoxy groups -OCH3 is 1. The van der Waals surface area contributed by atoms with E-state index in [2.05, 4.69) is 5.32 Å². The smallest absolute Gasteiger partial charge is 0.345 e. The van der Waals surface area contributed by atoms with E-state index in [1.54, 1.807) is 24.3 Å². The van der Waals surface area contributed by atoms with Crippen LogP contribution in [-0.2, 0) is 11.3 Å². The van der Waals surface area contributed by atoms with E-state index in [0.29, 0.717) is 41.1 Å². The van der Waals surface area contributed by atoms with Gasteiger partial charge in [-0.05, 0) is 47.5 Å². The first-order chi connectivity index (χ1) is 21.9. The molecule has 0 aliphatic carbocycles. The van der Waals surface area contributed by atoms with Crippen molar-refractivity contribution in [2.45, 2.75) is 6.54 Å². The summed E-state index contributed by atoms with van der Waals surface area (Å²) in [7, 11) is 1.50. The summed E-state index contributed by atoms with van der Waals surface area (Å²) in [6.07, 6.45) is 0. The van der Waals surface area contributed by atoms with Crippen molar-refractivity contribution in [2.24, 2.45) is 0 Å². The van der Waals surface area contributed by atoms with Crippen molar-refractivity contribution in [1.29, 1.82) is 0 Å². The number of carboxylic acids is 1. The molecule has 0 bridgehead atoms. The largest absolute Gasteiger partial charge is 0.497 e. The maximum Gasteiger partial charge on any atom is 0.345 e. The Morgan fingerprint density at radius 1 is 0.978 bits per heavy atom. The fourth-order valence-electron chi connectivity index (χ4n) is 5.97. The number of halogens is 1. The molecule has 2 N–H and O–H groups in total. The van der Waals surface area contributed by atoms with Crippen LogP contribution in [0.5, 0.6) is 5.75 Å². The molecule has 226 valence electrons. The minimum atomic E-state index is -1.00. The molecule has 0 spiro atoms. The zero-order chi connectivity index (χ0) is 31.1. The summed E-state index contributed by atoms with van der Waals surface area (Å²) in [4.78, 5) is 32.5. The number of carbonyl (C=O) groups is 2. The lowest BCUT2D eigenvalue weighted by molar-refractivity contribution is -0.132. The first-order valence-corrected chi connectivity index (χ1v) is 15.4. The molecule has 1 aliphatic rings. The van der Waals surface area contributed by atoms with Gasteiger partial charge in [0.05, 0.1) is 34.2 Å². The van der Waals surface area contributed by atoms with E-state index in [0.717, 1.165) is 45.6 Å². The lowest BCUT2D eigenvalue weighted by atomic mass is 9.99. The average Bonchev–Trinajstić information content (AvgIpc) is 3.63. The molecule has 1 fully saturated rings. The maximum absolute atomic E-state index is 14.9. The molecule has 45 heavy (non-hydrogen) atoms. The maximum atomic E-state index is 14.9. The van der Waals surface area contributed by atoms with Crippen molar-refractivity contribution in [1.82, 2.24) is 19.8 Å². The Morgan fingerprint density at radius 2 is 1.78 bits per heavy atom. The van der Waals surface area contributed by atoms with E-state index in [-0.39, 0.29) is 17.3 Å². The summed E-state index contributed by atoms with van der Waals surface area (Å²) in [5.41, 5.74) is 5.77. The Hall–Kier alpha value is -5.06. The highest BCUT2D eigenvalue weighted by atomic mass is 32.1. The molecule has 0 unspecified atom stereocenters. The highest BCUT2D eigenvalue weighted by Gasteiger charge is 2.27. The Balaban J connectivity index is 1.40. The van der Waals surface area contributed by atoms with Gasteiger partial charge < -0.3 is 24.6 Å². The zero-order valence-electron chi connectivity index (χ0n) is 24.4. The molecule has 0 atom stereocenters. The number of hydrogen-bond acceptors (Lipinski definition) is 6. The first kappa shape index (κ1) is 28.7. The number of hydrogen-bond donors (Lipinski definition) is 2.